The Hall–Kier alpha value is -0.280. The molecule has 0 radical (unpaired) electrons. The summed E-state index contributed by atoms with van der Waals surface area (Å²) in [5, 5.41) is 0.828. The Labute approximate surface area is 60.7 Å². The summed E-state index contributed by atoms with van der Waals surface area (Å²) in [4.78, 5) is 6.99. The lowest BCUT2D eigenvalue weighted by Gasteiger charge is -1.85. The molecule has 1 N–H and O–H groups in total. The van der Waals surface area contributed by atoms with Crippen molar-refractivity contribution in [1.29, 1.82) is 0 Å². The van der Waals surface area contributed by atoms with E-state index in [1.165, 1.54) is 0 Å². The lowest BCUT2D eigenvalue weighted by molar-refractivity contribution is 1.10. The quantitative estimate of drug-likeness (QED) is 0.629. The molecule has 9 heavy (non-hydrogen) atoms. The van der Waals surface area contributed by atoms with Crippen molar-refractivity contribution in [2.45, 2.75) is 11.9 Å². The summed E-state index contributed by atoms with van der Waals surface area (Å²) in [6.07, 6.45) is 1.78. The SMILES string of the molecule is C=S(Cl)c1c[nH]c(C)n1. The number of nitrogens with one attached hydrogen (secondary N) is 1. The highest BCUT2D eigenvalue weighted by Gasteiger charge is 1.95. The van der Waals surface area contributed by atoms with Gasteiger partial charge in [0.15, 0.2) is 0 Å². The first kappa shape index (κ1) is 6.83. The maximum Gasteiger partial charge on any atom is 0.122 e. The number of halogens is 1. The Morgan fingerprint density at radius 1 is 1.89 bits per heavy atom. The number of hydrogen-bond donors (Lipinski definition) is 1. The van der Waals surface area contributed by atoms with E-state index in [0.29, 0.717) is 0 Å². The number of nitrogens with zero attached hydrogens (tertiary/aromatic N) is 1. The van der Waals surface area contributed by atoms with E-state index < -0.39 is 9.70 Å². The Kier molecular flexibility index (Phi) is 1.93. The van der Waals surface area contributed by atoms with Crippen molar-refractivity contribution in [3.63, 3.8) is 0 Å². The number of aromatic amines is 1. The van der Waals surface area contributed by atoms with E-state index in [-0.39, 0.29) is 0 Å². The maximum atomic E-state index is 5.65. The number of hydrogen-bond acceptors (Lipinski definition) is 1. The largest absolute Gasteiger partial charge is 0.348 e. The first-order chi connectivity index (χ1) is 4.20. The average Bonchev–Trinajstić information content (AvgIpc) is 2.14. The van der Waals surface area contributed by atoms with Crippen LogP contribution in [0.2, 0.25) is 0 Å². The van der Waals surface area contributed by atoms with E-state index in [9.17, 15) is 0 Å². The van der Waals surface area contributed by atoms with Crippen LogP contribution in [0.1, 0.15) is 5.82 Å². The summed E-state index contributed by atoms with van der Waals surface area (Å²) in [7, 11) is 5.17. The number of rotatable bonds is 1. The molecule has 0 bridgehead atoms. The summed E-state index contributed by atoms with van der Waals surface area (Å²) < 4.78 is 0. The minimum absolute atomic E-state index is 0.478. The van der Waals surface area contributed by atoms with Crippen LogP contribution in [0.15, 0.2) is 11.2 Å². The van der Waals surface area contributed by atoms with Crippen LogP contribution in [0.4, 0.5) is 0 Å². The first-order valence-electron chi connectivity index (χ1n) is 2.42. The van der Waals surface area contributed by atoms with Crippen molar-refractivity contribution in [2.24, 2.45) is 0 Å². The molecular weight excluding hydrogens is 156 g/mol. The molecule has 50 valence electrons. The van der Waals surface area contributed by atoms with Gasteiger partial charge in [0.25, 0.3) is 0 Å². The molecule has 1 atom stereocenters. The predicted molar refractivity (Wildman–Crippen MR) is 42.2 cm³/mol. The second-order valence-corrected chi connectivity index (χ2v) is 3.85. The number of imidazole rings is 1. The maximum absolute atomic E-state index is 5.65. The molecule has 1 aromatic rings. The van der Waals surface area contributed by atoms with Crippen LogP contribution in [0.3, 0.4) is 0 Å². The molecular formula is C5H7ClN2S. The van der Waals surface area contributed by atoms with E-state index in [0.717, 1.165) is 10.9 Å². The van der Waals surface area contributed by atoms with E-state index in [1.54, 1.807) is 6.20 Å². The molecule has 1 unspecified atom stereocenters. The van der Waals surface area contributed by atoms with Crippen molar-refractivity contribution in [3.8, 4) is 0 Å². The van der Waals surface area contributed by atoms with Gasteiger partial charge in [0.1, 0.15) is 10.9 Å². The van der Waals surface area contributed by atoms with Gasteiger partial charge in [0.05, 0.1) is 0 Å². The summed E-state index contributed by atoms with van der Waals surface area (Å²) in [5.41, 5.74) is 0. The van der Waals surface area contributed by atoms with Crippen LogP contribution >= 0.6 is 20.4 Å². The third kappa shape index (κ3) is 1.56. The zero-order chi connectivity index (χ0) is 6.85. The van der Waals surface area contributed by atoms with E-state index in [1.807, 2.05) is 6.92 Å². The molecule has 0 amide bonds. The van der Waals surface area contributed by atoms with Crippen molar-refractivity contribution >= 4 is 26.3 Å². The molecule has 1 rings (SSSR count). The van der Waals surface area contributed by atoms with Gasteiger partial charge < -0.3 is 4.98 Å². The highest BCUT2D eigenvalue weighted by Crippen LogP contribution is 2.25. The van der Waals surface area contributed by atoms with Crippen LogP contribution in [0.5, 0.6) is 0 Å². The standard InChI is InChI=1S/C5H7ClN2S/c1-4-7-3-5(8-4)9(2)6/h3H,2H2,1H3,(H,7,8). The first-order valence-corrected chi connectivity index (χ1v) is 4.64. The second kappa shape index (κ2) is 2.54. The zero-order valence-corrected chi connectivity index (χ0v) is 6.59. The van der Waals surface area contributed by atoms with Crippen molar-refractivity contribution < 1.29 is 0 Å². The van der Waals surface area contributed by atoms with Gasteiger partial charge in [-0.05, 0) is 17.6 Å². The zero-order valence-electron chi connectivity index (χ0n) is 5.02. The minimum Gasteiger partial charge on any atom is -0.348 e. The third-order valence-corrected chi connectivity index (χ3v) is 2.05. The number of aryl methyl sites for hydroxylation is 1. The molecule has 0 spiro atoms. The third-order valence-electron chi connectivity index (χ3n) is 0.909. The molecule has 0 saturated heterocycles. The lowest BCUT2D eigenvalue weighted by atomic mass is 10.8. The normalized spacial score (nSPS) is 13.6. The Morgan fingerprint density at radius 2 is 2.56 bits per heavy atom. The van der Waals surface area contributed by atoms with Gasteiger partial charge in [-0.25, -0.2) is 4.98 Å². The molecule has 1 heterocycles. The molecule has 0 aliphatic rings. The second-order valence-electron chi connectivity index (χ2n) is 1.65. The molecule has 4 heteroatoms. The van der Waals surface area contributed by atoms with E-state index in [2.05, 4.69) is 15.8 Å². The Bertz CT molecular complexity index is 231. The smallest absolute Gasteiger partial charge is 0.122 e. The summed E-state index contributed by atoms with van der Waals surface area (Å²) in [5.74, 6) is 4.51. The fourth-order valence-corrected chi connectivity index (χ4v) is 1.17. The Balaban J connectivity index is 2.98. The highest BCUT2D eigenvalue weighted by molar-refractivity contribution is 8.33. The molecule has 0 aliphatic carbocycles. The predicted octanol–water partition coefficient (Wildman–Crippen LogP) is 1.93. The van der Waals surface area contributed by atoms with Crippen molar-refractivity contribution in [1.82, 2.24) is 9.97 Å². The van der Waals surface area contributed by atoms with Gasteiger partial charge in [-0.15, -0.1) is 0 Å². The van der Waals surface area contributed by atoms with Gasteiger partial charge in [-0.3, -0.25) is 0 Å². The average molecular weight is 163 g/mol. The van der Waals surface area contributed by atoms with Crippen LogP contribution in [0.25, 0.3) is 0 Å². The van der Waals surface area contributed by atoms with Crippen LogP contribution in [-0.2, 0) is 0 Å². The van der Waals surface area contributed by atoms with Crippen LogP contribution in [-0.4, -0.2) is 15.8 Å². The molecule has 0 saturated carbocycles. The van der Waals surface area contributed by atoms with Gasteiger partial charge in [0, 0.05) is 6.20 Å². The minimum atomic E-state index is -0.478. The van der Waals surface area contributed by atoms with Crippen molar-refractivity contribution in [2.75, 3.05) is 0 Å². The summed E-state index contributed by atoms with van der Waals surface area (Å²) in [6.45, 7) is 1.88. The molecule has 0 aliphatic heterocycles. The fraction of sp³-hybridized carbons (Fsp3) is 0.200. The number of H-pyrrole nitrogens is 1. The summed E-state index contributed by atoms with van der Waals surface area (Å²) in [6, 6.07) is 0. The van der Waals surface area contributed by atoms with Gasteiger partial charge >= 0.3 is 0 Å². The molecule has 1 aromatic heterocycles. The van der Waals surface area contributed by atoms with Crippen molar-refractivity contribution in [3.05, 3.63) is 12.0 Å². The number of aromatic nitrogens is 2. The van der Waals surface area contributed by atoms with Gasteiger partial charge in [-0.1, -0.05) is 15.6 Å². The van der Waals surface area contributed by atoms with Gasteiger partial charge in [0.2, 0.25) is 0 Å². The van der Waals surface area contributed by atoms with E-state index in [4.69, 9.17) is 10.7 Å². The molecule has 0 aromatic carbocycles. The molecule has 2 nitrogen and oxygen atoms in total. The van der Waals surface area contributed by atoms with E-state index >= 15 is 0 Å². The van der Waals surface area contributed by atoms with Crippen LogP contribution < -0.4 is 0 Å². The Morgan fingerprint density at radius 3 is 2.78 bits per heavy atom. The van der Waals surface area contributed by atoms with Crippen LogP contribution in [0, 0.1) is 6.92 Å². The van der Waals surface area contributed by atoms with Gasteiger partial charge in [-0.2, -0.15) is 0 Å². The fourth-order valence-electron chi connectivity index (χ4n) is 0.509. The topological polar surface area (TPSA) is 28.7 Å². The molecule has 0 fully saturated rings. The lowest BCUT2D eigenvalue weighted by Crippen LogP contribution is -1.70. The highest BCUT2D eigenvalue weighted by atomic mass is 35.7. The summed E-state index contributed by atoms with van der Waals surface area (Å²) >= 11 is 0. The monoisotopic (exact) mass is 162 g/mol.